The van der Waals surface area contributed by atoms with E-state index in [-0.39, 0.29) is 11.4 Å². The molecule has 17 heavy (non-hydrogen) atoms. The third-order valence-corrected chi connectivity index (χ3v) is 5.12. The van der Waals surface area contributed by atoms with Crippen molar-refractivity contribution in [1.29, 1.82) is 0 Å². The maximum atomic E-state index is 10.7. The number of non-ortho nitro benzene ring substituents is 1. The number of nitro benzene ring substituents is 1. The van der Waals surface area contributed by atoms with Crippen molar-refractivity contribution in [3.05, 3.63) is 31.9 Å². The van der Waals surface area contributed by atoms with Crippen LogP contribution in [-0.2, 0) is 10.0 Å². The summed E-state index contributed by atoms with van der Waals surface area (Å²) in [5, 5.41) is 15.4. The predicted octanol–water partition coefficient (Wildman–Crippen LogP) is 1.58. The van der Waals surface area contributed by atoms with E-state index in [0.29, 0.717) is 5.75 Å². The SMILES string of the molecule is NS(=O)(=O)CCSc1ccc([N+](=O)[O-])cc1I. The zero-order valence-corrected chi connectivity index (χ0v) is 12.3. The van der Waals surface area contributed by atoms with Gasteiger partial charge < -0.3 is 0 Å². The van der Waals surface area contributed by atoms with Gasteiger partial charge in [-0.25, -0.2) is 13.6 Å². The molecule has 1 aromatic carbocycles. The summed E-state index contributed by atoms with van der Waals surface area (Å²) in [6, 6.07) is 4.44. The minimum Gasteiger partial charge on any atom is -0.258 e. The van der Waals surface area contributed by atoms with E-state index in [2.05, 4.69) is 0 Å². The molecular formula is C8H9IN2O4S2. The summed E-state index contributed by atoms with van der Waals surface area (Å²) in [6.45, 7) is 0. The highest BCUT2D eigenvalue weighted by atomic mass is 127. The predicted molar refractivity (Wildman–Crippen MR) is 74.5 cm³/mol. The topological polar surface area (TPSA) is 103 Å². The van der Waals surface area contributed by atoms with Gasteiger partial charge in [-0.2, -0.15) is 0 Å². The van der Waals surface area contributed by atoms with Gasteiger partial charge in [0.2, 0.25) is 10.0 Å². The van der Waals surface area contributed by atoms with E-state index < -0.39 is 14.9 Å². The summed E-state index contributed by atoms with van der Waals surface area (Å²) in [5.41, 5.74) is 0.0187. The summed E-state index contributed by atoms with van der Waals surface area (Å²) in [7, 11) is -3.46. The van der Waals surface area contributed by atoms with Crippen LogP contribution in [0.2, 0.25) is 0 Å². The third kappa shape index (κ3) is 5.19. The molecule has 0 aliphatic rings. The van der Waals surface area contributed by atoms with E-state index in [4.69, 9.17) is 5.14 Å². The molecule has 0 fully saturated rings. The summed E-state index contributed by atoms with van der Waals surface area (Å²) in [6.07, 6.45) is 0. The minimum atomic E-state index is -3.46. The van der Waals surface area contributed by atoms with Gasteiger partial charge >= 0.3 is 0 Å². The molecule has 1 aromatic rings. The number of nitrogens with two attached hydrogens (primary N) is 1. The number of hydrogen-bond acceptors (Lipinski definition) is 5. The van der Waals surface area contributed by atoms with Gasteiger partial charge in [-0.15, -0.1) is 11.8 Å². The summed E-state index contributed by atoms with van der Waals surface area (Å²) in [4.78, 5) is 10.8. The molecule has 9 heteroatoms. The normalized spacial score (nSPS) is 11.4. The number of primary sulfonamides is 1. The lowest BCUT2D eigenvalue weighted by molar-refractivity contribution is -0.385. The standard InChI is InChI=1S/C8H9IN2O4S2/c9-7-5-6(11(12)13)1-2-8(7)16-3-4-17(10,14)15/h1-2,5H,3-4H2,(H2,10,14,15). The van der Waals surface area contributed by atoms with Crippen LogP contribution in [0, 0.1) is 13.7 Å². The fourth-order valence-corrected chi connectivity index (χ4v) is 3.80. The average Bonchev–Trinajstić information content (AvgIpc) is 2.18. The zero-order chi connectivity index (χ0) is 13.1. The van der Waals surface area contributed by atoms with Gasteiger partial charge in [0.05, 0.1) is 10.7 Å². The maximum absolute atomic E-state index is 10.7. The largest absolute Gasteiger partial charge is 0.270 e. The van der Waals surface area contributed by atoms with Crippen molar-refractivity contribution in [3.8, 4) is 0 Å². The Balaban J connectivity index is 2.70. The van der Waals surface area contributed by atoms with E-state index in [1.54, 1.807) is 6.07 Å². The molecule has 0 aliphatic heterocycles. The number of benzene rings is 1. The monoisotopic (exact) mass is 388 g/mol. The number of hydrogen-bond donors (Lipinski definition) is 1. The smallest absolute Gasteiger partial charge is 0.258 e. The van der Waals surface area contributed by atoms with Crippen LogP contribution >= 0.6 is 34.4 Å². The van der Waals surface area contributed by atoms with E-state index >= 15 is 0 Å². The molecule has 0 amide bonds. The molecule has 0 aliphatic carbocycles. The number of sulfonamides is 1. The molecule has 0 aromatic heterocycles. The Labute approximate surface area is 116 Å². The number of halogens is 1. The molecule has 0 heterocycles. The van der Waals surface area contributed by atoms with Crippen LogP contribution in [0.5, 0.6) is 0 Å². The molecule has 94 valence electrons. The molecule has 0 bridgehead atoms. The van der Waals surface area contributed by atoms with Gasteiger partial charge in [-0.3, -0.25) is 10.1 Å². The van der Waals surface area contributed by atoms with Crippen molar-refractivity contribution < 1.29 is 13.3 Å². The fourth-order valence-electron chi connectivity index (χ4n) is 0.988. The second-order valence-electron chi connectivity index (χ2n) is 3.09. The number of nitrogens with zero attached hydrogens (tertiary/aromatic N) is 1. The van der Waals surface area contributed by atoms with E-state index in [1.165, 1.54) is 23.9 Å². The van der Waals surface area contributed by atoms with Crippen molar-refractivity contribution in [1.82, 2.24) is 0 Å². The van der Waals surface area contributed by atoms with Gasteiger partial charge in [0.1, 0.15) is 0 Å². The quantitative estimate of drug-likeness (QED) is 0.357. The first-order chi connectivity index (χ1) is 7.79. The minimum absolute atomic E-state index is 0.0187. The Bertz CT molecular complexity index is 532. The van der Waals surface area contributed by atoms with Crippen LogP contribution in [-0.4, -0.2) is 24.8 Å². The molecule has 6 nitrogen and oxygen atoms in total. The van der Waals surface area contributed by atoms with Gasteiger partial charge in [-0.1, -0.05) is 0 Å². The Morgan fingerprint density at radius 3 is 2.59 bits per heavy atom. The first-order valence-electron chi connectivity index (χ1n) is 4.37. The van der Waals surface area contributed by atoms with Crippen molar-refractivity contribution in [2.24, 2.45) is 5.14 Å². The fraction of sp³-hybridized carbons (Fsp3) is 0.250. The van der Waals surface area contributed by atoms with E-state index in [0.717, 1.165) is 8.47 Å². The van der Waals surface area contributed by atoms with Crippen LogP contribution in [0.3, 0.4) is 0 Å². The van der Waals surface area contributed by atoms with Gasteiger partial charge in [-0.05, 0) is 28.7 Å². The number of thioether (sulfide) groups is 1. The first-order valence-corrected chi connectivity index (χ1v) is 8.15. The first kappa shape index (κ1) is 14.7. The summed E-state index contributed by atoms with van der Waals surface area (Å²) in [5.74, 6) is 0.206. The highest BCUT2D eigenvalue weighted by Crippen LogP contribution is 2.27. The second-order valence-corrected chi connectivity index (χ2v) is 7.12. The average molecular weight is 388 g/mol. The van der Waals surface area contributed by atoms with Crippen LogP contribution in [0.4, 0.5) is 5.69 Å². The van der Waals surface area contributed by atoms with Crippen molar-refractivity contribution in [3.63, 3.8) is 0 Å². The Morgan fingerprint density at radius 2 is 2.12 bits per heavy atom. The molecule has 0 saturated heterocycles. The van der Waals surface area contributed by atoms with E-state index in [9.17, 15) is 18.5 Å². The molecule has 0 saturated carbocycles. The molecule has 0 unspecified atom stereocenters. The maximum Gasteiger partial charge on any atom is 0.270 e. The van der Waals surface area contributed by atoms with Crippen LogP contribution < -0.4 is 5.14 Å². The molecule has 1 rings (SSSR count). The third-order valence-electron chi connectivity index (χ3n) is 1.75. The Hall–Kier alpha value is -0.390. The van der Waals surface area contributed by atoms with Crippen LogP contribution in [0.15, 0.2) is 23.1 Å². The van der Waals surface area contributed by atoms with Gasteiger partial charge in [0, 0.05) is 26.4 Å². The highest BCUT2D eigenvalue weighted by Gasteiger charge is 2.10. The summed E-state index contributed by atoms with van der Waals surface area (Å²) >= 11 is 3.28. The number of nitro groups is 1. The van der Waals surface area contributed by atoms with Crippen LogP contribution in [0.1, 0.15) is 0 Å². The molecule has 0 spiro atoms. The zero-order valence-electron chi connectivity index (χ0n) is 8.50. The van der Waals surface area contributed by atoms with Crippen molar-refractivity contribution in [2.75, 3.05) is 11.5 Å². The molecule has 0 atom stereocenters. The lowest BCUT2D eigenvalue weighted by Gasteiger charge is -2.03. The highest BCUT2D eigenvalue weighted by molar-refractivity contribution is 14.1. The van der Waals surface area contributed by atoms with E-state index in [1.807, 2.05) is 22.6 Å². The Morgan fingerprint density at radius 1 is 1.47 bits per heavy atom. The second kappa shape index (κ2) is 5.98. The Kier molecular flexibility index (Phi) is 5.16. The number of rotatable bonds is 5. The molecule has 0 radical (unpaired) electrons. The van der Waals surface area contributed by atoms with Gasteiger partial charge in [0.25, 0.3) is 5.69 Å². The van der Waals surface area contributed by atoms with Gasteiger partial charge in [0.15, 0.2) is 0 Å². The molecule has 2 N–H and O–H groups in total. The van der Waals surface area contributed by atoms with Crippen molar-refractivity contribution in [2.45, 2.75) is 4.90 Å². The lowest BCUT2D eigenvalue weighted by Crippen LogP contribution is -2.17. The lowest BCUT2D eigenvalue weighted by atomic mass is 10.3. The molecular weight excluding hydrogens is 379 g/mol. The van der Waals surface area contributed by atoms with Crippen LogP contribution in [0.25, 0.3) is 0 Å². The van der Waals surface area contributed by atoms with Crippen molar-refractivity contribution >= 4 is 50.1 Å². The summed E-state index contributed by atoms with van der Waals surface area (Å²) < 4.78 is 22.2.